The minimum atomic E-state index is -0.902. The van der Waals surface area contributed by atoms with Crippen molar-refractivity contribution in [3.63, 3.8) is 0 Å². The fourth-order valence-electron chi connectivity index (χ4n) is 2.19. The van der Waals surface area contributed by atoms with E-state index in [0.29, 0.717) is 18.6 Å². The Morgan fingerprint density at radius 3 is 2.45 bits per heavy atom. The molecule has 0 saturated heterocycles. The number of halogens is 1. The second kappa shape index (κ2) is 8.17. The lowest BCUT2D eigenvalue weighted by molar-refractivity contribution is -0.149. The normalized spacial score (nSPS) is 11.1. The summed E-state index contributed by atoms with van der Waals surface area (Å²) in [7, 11) is 1.57. The van der Waals surface area contributed by atoms with Crippen molar-refractivity contribution in [2.24, 2.45) is 5.41 Å². The fourth-order valence-corrected chi connectivity index (χ4v) is 2.58. The zero-order valence-electron chi connectivity index (χ0n) is 13.1. The van der Waals surface area contributed by atoms with Crippen LogP contribution in [0.15, 0.2) is 22.7 Å². The van der Waals surface area contributed by atoms with Gasteiger partial charge in [-0.25, -0.2) is 0 Å². The van der Waals surface area contributed by atoms with Gasteiger partial charge in [-0.3, -0.25) is 9.59 Å². The third kappa shape index (κ3) is 4.47. The quantitative estimate of drug-likeness (QED) is 0.736. The predicted molar refractivity (Wildman–Crippen MR) is 88.1 cm³/mol. The maximum atomic E-state index is 12.1. The van der Waals surface area contributed by atoms with Crippen molar-refractivity contribution >= 4 is 27.8 Å². The van der Waals surface area contributed by atoms with Crippen LogP contribution < -0.4 is 10.1 Å². The molecule has 1 rings (SSSR count). The number of methoxy groups -OCH3 is 1. The molecule has 1 aromatic rings. The van der Waals surface area contributed by atoms with Gasteiger partial charge in [0.05, 0.1) is 18.9 Å². The molecule has 0 radical (unpaired) electrons. The summed E-state index contributed by atoms with van der Waals surface area (Å²) in [5, 5.41) is 12.1. The highest BCUT2D eigenvalue weighted by Gasteiger charge is 2.35. The molecule has 5 nitrogen and oxygen atoms in total. The Kier molecular flexibility index (Phi) is 6.87. The van der Waals surface area contributed by atoms with E-state index in [1.54, 1.807) is 19.2 Å². The Morgan fingerprint density at radius 1 is 1.32 bits per heavy atom. The number of hydrogen-bond acceptors (Lipinski definition) is 3. The van der Waals surface area contributed by atoms with Crippen molar-refractivity contribution in [3.05, 3.63) is 28.2 Å². The number of carbonyl (C=O) groups is 2. The fraction of sp³-hybridized carbons (Fsp3) is 0.500. The molecular weight excluding hydrogens is 350 g/mol. The Balaban J connectivity index is 2.73. The average Bonchev–Trinajstić information content (AvgIpc) is 2.50. The number of ether oxygens (including phenoxy) is 1. The van der Waals surface area contributed by atoms with Crippen molar-refractivity contribution in [1.82, 2.24) is 5.32 Å². The molecule has 0 unspecified atom stereocenters. The highest BCUT2D eigenvalue weighted by molar-refractivity contribution is 9.10. The smallest absolute Gasteiger partial charge is 0.311 e. The number of nitrogens with one attached hydrogen (secondary N) is 1. The van der Waals surface area contributed by atoms with Crippen molar-refractivity contribution < 1.29 is 19.4 Å². The maximum absolute atomic E-state index is 12.1. The molecule has 22 heavy (non-hydrogen) atoms. The third-order valence-corrected chi connectivity index (χ3v) is 4.81. The first-order valence-corrected chi connectivity index (χ1v) is 8.00. The summed E-state index contributed by atoms with van der Waals surface area (Å²) < 4.78 is 5.96. The van der Waals surface area contributed by atoms with Gasteiger partial charge in [0.25, 0.3) is 0 Å². The molecule has 1 amide bonds. The van der Waals surface area contributed by atoms with Gasteiger partial charge < -0.3 is 15.2 Å². The maximum Gasteiger partial charge on any atom is 0.311 e. The Morgan fingerprint density at radius 2 is 1.95 bits per heavy atom. The molecule has 2 N–H and O–H groups in total. The van der Waals surface area contributed by atoms with Crippen LogP contribution in [0, 0.1) is 5.41 Å². The minimum Gasteiger partial charge on any atom is -0.497 e. The van der Waals surface area contributed by atoms with Gasteiger partial charge in [0.1, 0.15) is 5.75 Å². The van der Waals surface area contributed by atoms with Crippen LogP contribution in [0.4, 0.5) is 0 Å². The lowest BCUT2D eigenvalue weighted by Crippen LogP contribution is -2.42. The van der Waals surface area contributed by atoms with Crippen LogP contribution in [-0.4, -0.2) is 30.6 Å². The van der Waals surface area contributed by atoms with E-state index in [1.165, 1.54) is 0 Å². The average molecular weight is 372 g/mol. The standard InChI is InChI=1S/C16H22BrNO4/c1-4-16(5-2,15(20)21)10-18-14(19)9-11-8-12(22-3)6-7-13(11)17/h6-8H,4-5,9-10H2,1-3H3,(H,18,19)(H,20,21). The Labute approximate surface area is 139 Å². The largest absolute Gasteiger partial charge is 0.497 e. The number of carboxylic acid groups (broad SMARTS) is 1. The first-order valence-electron chi connectivity index (χ1n) is 7.21. The zero-order valence-corrected chi connectivity index (χ0v) is 14.7. The molecule has 0 bridgehead atoms. The second-order valence-corrected chi connectivity index (χ2v) is 6.06. The molecule has 0 aliphatic heterocycles. The number of aliphatic carboxylic acids is 1. The number of benzene rings is 1. The lowest BCUT2D eigenvalue weighted by Gasteiger charge is -2.26. The number of hydrogen-bond donors (Lipinski definition) is 2. The summed E-state index contributed by atoms with van der Waals surface area (Å²) in [4.78, 5) is 23.5. The van der Waals surface area contributed by atoms with Crippen LogP contribution in [0.1, 0.15) is 32.3 Å². The van der Waals surface area contributed by atoms with E-state index in [1.807, 2.05) is 19.9 Å². The minimum absolute atomic E-state index is 0.135. The van der Waals surface area contributed by atoms with Crippen molar-refractivity contribution in [1.29, 1.82) is 0 Å². The summed E-state index contributed by atoms with van der Waals surface area (Å²) >= 11 is 3.40. The highest BCUT2D eigenvalue weighted by atomic mass is 79.9. The number of rotatable bonds is 8. The number of carbonyl (C=O) groups excluding carboxylic acids is 1. The summed E-state index contributed by atoms with van der Waals surface area (Å²) in [5.41, 5.74) is -0.105. The number of carboxylic acids is 1. The second-order valence-electron chi connectivity index (χ2n) is 5.20. The van der Waals surface area contributed by atoms with Crippen LogP contribution in [0.5, 0.6) is 5.75 Å². The van der Waals surface area contributed by atoms with E-state index >= 15 is 0 Å². The van der Waals surface area contributed by atoms with Crippen LogP contribution in [0.3, 0.4) is 0 Å². The van der Waals surface area contributed by atoms with Gasteiger partial charge in [-0.1, -0.05) is 29.8 Å². The highest BCUT2D eigenvalue weighted by Crippen LogP contribution is 2.26. The molecule has 0 atom stereocenters. The molecule has 0 aliphatic carbocycles. The van der Waals surface area contributed by atoms with Crippen molar-refractivity contribution in [3.8, 4) is 5.75 Å². The molecule has 0 aromatic heterocycles. The van der Waals surface area contributed by atoms with Gasteiger partial charge in [0.2, 0.25) is 5.91 Å². The zero-order chi connectivity index (χ0) is 16.8. The van der Waals surface area contributed by atoms with E-state index in [4.69, 9.17) is 4.74 Å². The first-order chi connectivity index (χ1) is 10.4. The molecule has 122 valence electrons. The molecule has 1 aromatic carbocycles. The number of amides is 1. The molecule has 0 spiro atoms. The van der Waals surface area contributed by atoms with Crippen LogP contribution in [-0.2, 0) is 16.0 Å². The molecule has 0 aliphatic rings. The van der Waals surface area contributed by atoms with E-state index in [0.717, 1.165) is 10.0 Å². The molecular formula is C16H22BrNO4. The molecule has 0 saturated carbocycles. The van der Waals surface area contributed by atoms with E-state index < -0.39 is 11.4 Å². The van der Waals surface area contributed by atoms with Gasteiger partial charge in [0, 0.05) is 11.0 Å². The van der Waals surface area contributed by atoms with Gasteiger partial charge in [-0.15, -0.1) is 0 Å². The molecule has 6 heteroatoms. The van der Waals surface area contributed by atoms with Crippen LogP contribution in [0.25, 0.3) is 0 Å². The summed E-state index contributed by atoms with van der Waals surface area (Å²) in [6.07, 6.45) is 1.12. The Bertz CT molecular complexity index is 541. The van der Waals surface area contributed by atoms with Gasteiger partial charge in [-0.05, 0) is 36.6 Å². The van der Waals surface area contributed by atoms with Crippen LogP contribution >= 0.6 is 15.9 Å². The van der Waals surface area contributed by atoms with Gasteiger partial charge in [0.15, 0.2) is 0 Å². The first kappa shape index (κ1) is 18.5. The third-order valence-electron chi connectivity index (χ3n) is 4.04. The Hall–Kier alpha value is -1.56. The van der Waals surface area contributed by atoms with Gasteiger partial charge in [-0.2, -0.15) is 0 Å². The van der Waals surface area contributed by atoms with E-state index in [2.05, 4.69) is 21.2 Å². The summed E-state index contributed by atoms with van der Waals surface area (Å²) in [5.74, 6) is -0.408. The van der Waals surface area contributed by atoms with Crippen molar-refractivity contribution in [2.45, 2.75) is 33.1 Å². The van der Waals surface area contributed by atoms with Crippen LogP contribution in [0.2, 0.25) is 0 Å². The summed E-state index contributed by atoms with van der Waals surface area (Å²) in [6.45, 7) is 3.78. The van der Waals surface area contributed by atoms with E-state index in [-0.39, 0.29) is 18.9 Å². The van der Waals surface area contributed by atoms with E-state index in [9.17, 15) is 14.7 Å². The topological polar surface area (TPSA) is 75.6 Å². The van der Waals surface area contributed by atoms with Gasteiger partial charge >= 0.3 is 5.97 Å². The lowest BCUT2D eigenvalue weighted by atomic mass is 9.82. The predicted octanol–water partition coefficient (Wildman–Crippen LogP) is 3.01. The molecule has 0 heterocycles. The SMILES string of the molecule is CCC(CC)(CNC(=O)Cc1cc(OC)ccc1Br)C(=O)O. The monoisotopic (exact) mass is 371 g/mol. The molecule has 0 fully saturated rings. The summed E-state index contributed by atoms with van der Waals surface area (Å²) in [6, 6.07) is 5.41. The van der Waals surface area contributed by atoms with Crippen molar-refractivity contribution in [2.75, 3.05) is 13.7 Å².